The summed E-state index contributed by atoms with van der Waals surface area (Å²) in [6.07, 6.45) is 12.3. The number of nitrogens with zero attached hydrogens (tertiary/aromatic N) is 1. The van der Waals surface area contributed by atoms with Gasteiger partial charge in [0.2, 0.25) is 0 Å². The van der Waals surface area contributed by atoms with E-state index in [2.05, 4.69) is 18.9 Å². The molecule has 2 rings (SSSR count). The van der Waals surface area contributed by atoms with E-state index in [4.69, 9.17) is 5.73 Å². The van der Waals surface area contributed by atoms with Crippen LogP contribution in [0.1, 0.15) is 64.7 Å². The maximum atomic E-state index is 6.37. The van der Waals surface area contributed by atoms with Crippen LogP contribution < -0.4 is 5.73 Å². The molecule has 0 aliphatic heterocycles. The first kappa shape index (κ1) is 13.4. The summed E-state index contributed by atoms with van der Waals surface area (Å²) in [5, 5.41) is 0. The van der Waals surface area contributed by atoms with Crippen molar-refractivity contribution in [2.24, 2.45) is 11.7 Å². The maximum absolute atomic E-state index is 6.37. The van der Waals surface area contributed by atoms with Gasteiger partial charge in [-0.2, -0.15) is 0 Å². The molecule has 0 aromatic heterocycles. The van der Waals surface area contributed by atoms with E-state index >= 15 is 0 Å². The molecule has 0 amide bonds. The summed E-state index contributed by atoms with van der Waals surface area (Å²) in [5.41, 5.74) is 6.37. The Balaban J connectivity index is 1.90. The van der Waals surface area contributed by atoms with Crippen LogP contribution in [-0.2, 0) is 0 Å². The second-order valence-electron chi connectivity index (χ2n) is 6.45. The van der Waals surface area contributed by atoms with Crippen LogP contribution in [0, 0.1) is 5.92 Å². The Kier molecular flexibility index (Phi) is 4.87. The highest BCUT2D eigenvalue weighted by atomic mass is 15.2. The first-order valence-electron chi connectivity index (χ1n) is 7.66. The lowest BCUT2D eigenvalue weighted by molar-refractivity contribution is 0.103. The molecule has 2 unspecified atom stereocenters. The number of hydrogen-bond acceptors (Lipinski definition) is 2. The van der Waals surface area contributed by atoms with E-state index in [-0.39, 0.29) is 0 Å². The quantitative estimate of drug-likeness (QED) is 0.749. The fraction of sp³-hybridized carbons (Fsp3) is 1.00. The molecule has 0 spiro atoms. The Morgan fingerprint density at radius 1 is 0.882 bits per heavy atom. The third-order valence-electron chi connectivity index (χ3n) is 5.12. The zero-order valence-corrected chi connectivity index (χ0v) is 11.7. The summed E-state index contributed by atoms with van der Waals surface area (Å²) >= 11 is 0. The zero-order chi connectivity index (χ0) is 12.3. The normalized spacial score (nSPS) is 40.2. The van der Waals surface area contributed by atoms with Crippen LogP contribution in [0.3, 0.4) is 0 Å². The lowest BCUT2D eigenvalue weighted by atomic mass is 9.85. The third kappa shape index (κ3) is 3.45. The van der Waals surface area contributed by atoms with E-state index in [1.807, 2.05) is 0 Å². The predicted molar refractivity (Wildman–Crippen MR) is 74.0 cm³/mol. The SMILES string of the molecule is CC1CCC(N(C)C2CCCCCC2N)CC1. The Hall–Kier alpha value is -0.0800. The van der Waals surface area contributed by atoms with Gasteiger partial charge in [0, 0.05) is 18.1 Å². The smallest absolute Gasteiger partial charge is 0.0247 e. The molecule has 2 saturated carbocycles. The monoisotopic (exact) mass is 238 g/mol. The largest absolute Gasteiger partial charge is 0.326 e. The summed E-state index contributed by atoms with van der Waals surface area (Å²) in [4.78, 5) is 2.64. The Bertz CT molecular complexity index is 221. The highest BCUT2D eigenvalue weighted by molar-refractivity contribution is 4.88. The number of nitrogens with two attached hydrogens (primary N) is 1. The van der Waals surface area contributed by atoms with Crippen molar-refractivity contribution in [1.82, 2.24) is 4.90 Å². The van der Waals surface area contributed by atoms with Gasteiger partial charge in [0.05, 0.1) is 0 Å². The molecule has 2 N–H and O–H groups in total. The van der Waals surface area contributed by atoms with E-state index < -0.39 is 0 Å². The number of likely N-dealkylation sites (N-methyl/N-ethyl adjacent to an activating group) is 1. The molecule has 0 bridgehead atoms. The van der Waals surface area contributed by atoms with Crippen LogP contribution in [0.25, 0.3) is 0 Å². The zero-order valence-electron chi connectivity index (χ0n) is 11.7. The van der Waals surface area contributed by atoms with Crippen molar-refractivity contribution in [3.8, 4) is 0 Å². The number of rotatable bonds is 2. The minimum absolute atomic E-state index is 0.418. The first-order chi connectivity index (χ1) is 8.18. The lowest BCUT2D eigenvalue weighted by Gasteiger charge is -2.40. The summed E-state index contributed by atoms with van der Waals surface area (Å²) in [6.45, 7) is 2.40. The minimum Gasteiger partial charge on any atom is -0.326 e. The third-order valence-corrected chi connectivity index (χ3v) is 5.12. The van der Waals surface area contributed by atoms with Gasteiger partial charge in [0.25, 0.3) is 0 Å². The Morgan fingerprint density at radius 3 is 2.24 bits per heavy atom. The average Bonchev–Trinajstić information content (AvgIpc) is 2.54. The maximum Gasteiger partial charge on any atom is 0.0247 e. The molecule has 100 valence electrons. The Morgan fingerprint density at radius 2 is 1.53 bits per heavy atom. The van der Waals surface area contributed by atoms with Gasteiger partial charge in [-0.1, -0.05) is 26.2 Å². The van der Waals surface area contributed by atoms with Crippen LogP contribution in [-0.4, -0.2) is 30.1 Å². The second-order valence-corrected chi connectivity index (χ2v) is 6.45. The molecule has 2 aliphatic rings. The van der Waals surface area contributed by atoms with Crippen LogP contribution in [0.15, 0.2) is 0 Å². The molecule has 2 fully saturated rings. The van der Waals surface area contributed by atoms with Crippen LogP contribution in [0.2, 0.25) is 0 Å². The van der Waals surface area contributed by atoms with Gasteiger partial charge >= 0.3 is 0 Å². The average molecular weight is 238 g/mol. The van der Waals surface area contributed by atoms with Crippen molar-refractivity contribution in [2.75, 3.05) is 7.05 Å². The molecule has 0 heterocycles. The minimum atomic E-state index is 0.418. The molecule has 2 atom stereocenters. The van der Waals surface area contributed by atoms with Crippen molar-refractivity contribution < 1.29 is 0 Å². The van der Waals surface area contributed by atoms with Gasteiger partial charge < -0.3 is 5.73 Å². The number of hydrogen-bond donors (Lipinski definition) is 1. The standard InChI is InChI=1S/C15H30N2/c1-12-8-10-13(11-9-12)17(2)15-7-5-3-4-6-14(15)16/h12-15H,3-11,16H2,1-2H3. The fourth-order valence-electron chi connectivity index (χ4n) is 3.74. The van der Waals surface area contributed by atoms with Crippen molar-refractivity contribution in [3.05, 3.63) is 0 Å². The van der Waals surface area contributed by atoms with Crippen molar-refractivity contribution in [2.45, 2.75) is 82.8 Å². The van der Waals surface area contributed by atoms with Gasteiger partial charge in [-0.15, -0.1) is 0 Å². The molecular weight excluding hydrogens is 208 g/mol. The van der Waals surface area contributed by atoms with E-state index in [1.165, 1.54) is 57.8 Å². The highest BCUT2D eigenvalue weighted by Gasteiger charge is 2.30. The topological polar surface area (TPSA) is 29.3 Å². The van der Waals surface area contributed by atoms with Gasteiger partial charge in [0.15, 0.2) is 0 Å². The van der Waals surface area contributed by atoms with Gasteiger partial charge in [0.1, 0.15) is 0 Å². The molecule has 0 aromatic carbocycles. The van der Waals surface area contributed by atoms with Crippen LogP contribution in [0.5, 0.6) is 0 Å². The summed E-state index contributed by atoms with van der Waals surface area (Å²) < 4.78 is 0. The molecular formula is C15H30N2. The van der Waals surface area contributed by atoms with Crippen LogP contribution in [0.4, 0.5) is 0 Å². The van der Waals surface area contributed by atoms with E-state index in [9.17, 15) is 0 Å². The van der Waals surface area contributed by atoms with Crippen molar-refractivity contribution in [1.29, 1.82) is 0 Å². The van der Waals surface area contributed by atoms with E-state index in [0.717, 1.165) is 12.0 Å². The van der Waals surface area contributed by atoms with E-state index in [1.54, 1.807) is 0 Å². The Labute approximate surface area is 107 Å². The molecule has 0 radical (unpaired) electrons. The summed E-state index contributed by atoms with van der Waals surface area (Å²) in [6, 6.07) is 1.87. The van der Waals surface area contributed by atoms with Gasteiger partial charge in [-0.05, 0) is 51.5 Å². The van der Waals surface area contributed by atoms with Gasteiger partial charge in [-0.25, -0.2) is 0 Å². The molecule has 2 heteroatoms. The molecule has 2 nitrogen and oxygen atoms in total. The van der Waals surface area contributed by atoms with Crippen molar-refractivity contribution >= 4 is 0 Å². The predicted octanol–water partition coefficient (Wildman–Crippen LogP) is 3.16. The lowest BCUT2D eigenvalue weighted by Crippen LogP contribution is -2.50. The molecule has 2 aliphatic carbocycles. The summed E-state index contributed by atoms with van der Waals surface area (Å²) in [5.74, 6) is 0.947. The fourth-order valence-corrected chi connectivity index (χ4v) is 3.74. The highest BCUT2D eigenvalue weighted by Crippen LogP contribution is 2.30. The summed E-state index contributed by atoms with van der Waals surface area (Å²) in [7, 11) is 2.33. The molecule has 0 saturated heterocycles. The molecule has 17 heavy (non-hydrogen) atoms. The molecule has 0 aromatic rings. The first-order valence-corrected chi connectivity index (χ1v) is 7.66. The van der Waals surface area contributed by atoms with E-state index in [0.29, 0.717) is 12.1 Å². The second kappa shape index (κ2) is 6.19. The van der Waals surface area contributed by atoms with Crippen LogP contribution >= 0.6 is 0 Å². The van der Waals surface area contributed by atoms with Crippen molar-refractivity contribution in [3.63, 3.8) is 0 Å². The van der Waals surface area contributed by atoms with Gasteiger partial charge in [-0.3, -0.25) is 4.90 Å².